The average Bonchev–Trinajstić information content (AvgIpc) is 2.92. The van der Waals surface area contributed by atoms with E-state index in [0.717, 1.165) is 0 Å². The van der Waals surface area contributed by atoms with E-state index in [1.54, 1.807) is 35.3 Å². The van der Waals surface area contributed by atoms with Gasteiger partial charge in [0.05, 0.1) is 12.1 Å². The third-order valence-corrected chi connectivity index (χ3v) is 2.55. The molecule has 7 nitrogen and oxygen atoms in total. The minimum atomic E-state index is -1.03. The second-order valence-corrected chi connectivity index (χ2v) is 4.04. The van der Waals surface area contributed by atoms with Crippen LogP contribution in [0.2, 0.25) is 0 Å². The number of anilines is 1. The van der Waals surface area contributed by atoms with Gasteiger partial charge >= 0.3 is 12.0 Å². The molecule has 1 aromatic heterocycles. The van der Waals surface area contributed by atoms with Crippen molar-refractivity contribution < 1.29 is 14.7 Å². The fourth-order valence-corrected chi connectivity index (χ4v) is 1.62. The second-order valence-electron chi connectivity index (χ2n) is 4.04. The first-order chi connectivity index (χ1) is 9.65. The van der Waals surface area contributed by atoms with Crippen LogP contribution in [0.4, 0.5) is 10.5 Å². The van der Waals surface area contributed by atoms with Crippen molar-refractivity contribution in [3.8, 4) is 0 Å². The maximum atomic E-state index is 11.6. The number of urea groups is 1. The average molecular weight is 274 g/mol. The van der Waals surface area contributed by atoms with E-state index in [1.807, 2.05) is 0 Å². The van der Waals surface area contributed by atoms with Crippen molar-refractivity contribution >= 4 is 17.7 Å². The first-order valence-electron chi connectivity index (χ1n) is 6.01. The van der Waals surface area contributed by atoms with Gasteiger partial charge in [0.25, 0.3) is 0 Å². The number of amides is 2. The van der Waals surface area contributed by atoms with Crippen LogP contribution in [0.25, 0.3) is 0 Å². The highest BCUT2D eigenvalue weighted by Crippen LogP contribution is 2.10. The molecule has 0 atom stereocenters. The van der Waals surface area contributed by atoms with Crippen LogP contribution < -0.4 is 10.6 Å². The zero-order chi connectivity index (χ0) is 14.4. The van der Waals surface area contributed by atoms with E-state index in [4.69, 9.17) is 5.11 Å². The van der Waals surface area contributed by atoms with Gasteiger partial charge in [-0.25, -0.2) is 9.59 Å². The van der Waals surface area contributed by atoms with Gasteiger partial charge < -0.3 is 15.7 Å². The maximum absolute atomic E-state index is 11.6. The molecular weight excluding hydrogens is 260 g/mol. The van der Waals surface area contributed by atoms with Crippen LogP contribution in [-0.2, 0) is 6.54 Å². The second kappa shape index (κ2) is 6.37. The van der Waals surface area contributed by atoms with E-state index in [-0.39, 0.29) is 11.6 Å². The van der Waals surface area contributed by atoms with Crippen LogP contribution in [0.15, 0.2) is 42.7 Å². The highest BCUT2D eigenvalue weighted by atomic mass is 16.4. The zero-order valence-electron chi connectivity index (χ0n) is 10.6. The Balaban J connectivity index is 1.82. The van der Waals surface area contributed by atoms with Gasteiger partial charge in [-0.15, -0.1) is 0 Å². The quantitative estimate of drug-likeness (QED) is 0.768. The molecule has 2 aromatic rings. The SMILES string of the molecule is O=C(NCCn1cccn1)Nc1cccc(C(=O)O)c1. The summed E-state index contributed by atoms with van der Waals surface area (Å²) in [7, 11) is 0. The van der Waals surface area contributed by atoms with Crippen molar-refractivity contribution in [1.82, 2.24) is 15.1 Å². The van der Waals surface area contributed by atoms with Gasteiger partial charge in [-0.3, -0.25) is 4.68 Å². The lowest BCUT2D eigenvalue weighted by Crippen LogP contribution is -2.31. The van der Waals surface area contributed by atoms with E-state index in [1.165, 1.54) is 12.1 Å². The molecule has 0 unspecified atom stereocenters. The molecule has 0 saturated heterocycles. The Morgan fingerprint density at radius 1 is 1.30 bits per heavy atom. The largest absolute Gasteiger partial charge is 0.478 e. The number of nitrogens with zero attached hydrogens (tertiary/aromatic N) is 2. The van der Waals surface area contributed by atoms with Crippen LogP contribution in [0.3, 0.4) is 0 Å². The molecule has 0 aliphatic heterocycles. The van der Waals surface area contributed by atoms with E-state index in [0.29, 0.717) is 18.8 Å². The smallest absolute Gasteiger partial charge is 0.335 e. The van der Waals surface area contributed by atoms with E-state index in [9.17, 15) is 9.59 Å². The Morgan fingerprint density at radius 3 is 2.85 bits per heavy atom. The van der Waals surface area contributed by atoms with Gasteiger partial charge in [0, 0.05) is 24.6 Å². The van der Waals surface area contributed by atoms with Crippen molar-refractivity contribution in [1.29, 1.82) is 0 Å². The number of carbonyl (C=O) groups is 2. The standard InChI is InChI=1S/C13H14N4O3/c18-12(19)10-3-1-4-11(9-10)16-13(20)14-6-8-17-7-2-5-15-17/h1-5,7,9H,6,8H2,(H,18,19)(H2,14,16,20). The summed E-state index contributed by atoms with van der Waals surface area (Å²) in [5.41, 5.74) is 0.556. The molecule has 1 heterocycles. The zero-order valence-corrected chi connectivity index (χ0v) is 10.6. The summed E-state index contributed by atoms with van der Waals surface area (Å²) in [5, 5.41) is 18.1. The summed E-state index contributed by atoms with van der Waals surface area (Å²) in [6, 6.07) is 7.47. The third kappa shape index (κ3) is 3.84. The molecule has 0 bridgehead atoms. The Kier molecular flexibility index (Phi) is 4.33. The van der Waals surface area contributed by atoms with Crippen molar-refractivity contribution in [2.75, 3.05) is 11.9 Å². The number of hydrogen-bond acceptors (Lipinski definition) is 3. The van der Waals surface area contributed by atoms with E-state index in [2.05, 4.69) is 15.7 Å². The number of rotatable bonds is 5. The lowest BCUT2D eigenvalue weighted by molar-refractivity contribution is 0.0697. The minimum Gasteiger partial charge on any atom is -0.478 e. The number of nitrogens with one attached hydrogen (secondary N) is 2. The van der Waals surface area contributed by atoms with Crippen molar-refractivity contribution in [3.63, 3.8) is 0 Å². The molecule has 7 heteroatoms. The van der Waals surface area contributed by atoms with Gasteiger partial charge in [-0.2, -0.15) is 5.10 Å². The molecule has 104 valence electrons. The van der Waals surface area contributed by atoms with Gasteiger partial charge in [0.2, 0.25) is 0 Å². The molecule has 0 spiro atoms. The molecule has 2 amide bonds. The molecule has 1 aromatic carbocycles. The number of benzene rings is 1. The Hall–Kier alpha value is -2.83. The van der Waals surface area contributed by atoms with Crippen LogP contribution in [-0.4, -0.2) is 33.4 Å². The predicted octanol–water partition coefficient (Wildman–Crippen LogP) is 1.40. The number of aromatic carboxylic acids is 1. The first-order valence-corrected chi connectivity index (χ1v) is 6.01. The lowest BCUT2D eigenvalue weighted by Gasteiger charge is -2.08. The van der Waals surface area contributed by atoms with Crippen LogP contribution >= 0.6 is 0 Å². The Bertz CT molecular complexity index is 595. The van der Waals surface area contributed by atoms with Crippen molar-refractivity contribution in [2.45, 2.75) is 6.54 Å². The molecule has 3 N–H and O–H groups in total. The van der Waals surface area contributed by atoms with Crippen molar-refractivity contribution in [2.24, 2.45) is 0 Å². The summed E-state index contributed by atoms with van der Waals surface area (Å²) < 4.78 is 1.70. The minimum absolute atomic E-state index is 0.124. The summed E-state index contributed by atoms with van der Waals surface area (Å²) in [6.07, 6.45) is 3.47. The van der Waals surface area contributed by atoms with Crippen molar-refractivity contribution in [3.05, 3.63) is 48.3 Å². The predicted molar refractivity (Wildman–Crippen MR) is 72.6 cm³/mol. The van der Waals surface area contributed by atoms with Crippen LogP contribution in [0.1, 0.15) is 10.4 Å². The number of aromatic nitrogens is 2. The highest BCUT2D eigenvalue weighted by molar-refractivity contribution is 5.93. The molecular formula is C13H14N4O3. The maximum Gasteiger partial charge on any atom is 0.335 e. The molecule has 0 radical (unpaired) electrons. The summed E-state index contributed by atoms with van der Waals surface area (Å²) in [5.74, 6) is -1.03. The van der Waals surface area contributed by atoms with Crippen LogP contribution in [0.5, 0.6) is 0 Å². The summed E-state index contributed by atoms with van der Waals surface area (Å²) >= 11 is 0. The number of carbonyl (C=O) groups excluding carboxylic acids is 1. The molecule has 0 aliphatic rings. The number of carboxylic acids is 1. The summed E-state index contributed by atoms with van der Waals surface area (Å²) in [4.78, 5) is 22.4. The first kappa shape index (κ1) is 13.6. The number of hydrogen-bond donors (Lipinski definition) is 3. The number of carboxylic acid groups (broad SMARTS) is 1. The van der Waals surface area contributed by atoms with Gasteiger partial charge in [0.1, 0.15) is 0 Å². The third-order valence-electron chi connectivity index (χ3n) is 2.55. The van der Waals surface area contributed by atoms with Gasteiger partial charge in [-0.1, -0.05) is 6.07 Å². The van der Waals surface area contributed by atoms with Gasteiger partial charge in [-0.05, 0) is 24.3 Å². The van der Waals surface area contributed by atoms with Crippen LogP contribution in [0, 0.1) is 0 Å². The molecule has 20 heavy (non-hydrogen) atoms. The Morgan fingerprint density at radius 2 is 2.15 bits per heavy atom. The topological polar surface area (TPSA) is 96.3 Å². The molecule has 0 saturated carbocycles. The van der Waals surface area contributed by atoms with E-state index < -0.39 is 5.97 Å². The Labute approximate surface area is 115 Å². The summed E-state index contributed by atoms with van der Waals surface area (Å²) in [6.45, 7) is 0.988. The van der Waals surface area contributed by atoms with Gasteiger partial charge in [0.15, 0.2) is 0 Å². The molecule has 0 fully saturated rings. The highest BCUT2D eigenvalue weighted by Gasteiger charge is 2.05. The molecule has 2 rings (SSSR count). The van der Waals surface area contributed by atoms with E-state index >= 15 is 0 Å². The molecule has 0 aliphatic carbocycles. The fraction of sp³-hybridized carbons (Fsp3) is 0.154. The normalized spacial score (nSPS) is 10.0. The monoisotopic (exact) mass is 274 g/mol. The fourth-order valence-electron chi connectivity index (χ4n) is 1.62. The lowest BCUT2D eigenvalue weighted by atomic mass is 10.2.